The van der Waals surface area contributed by atoms with Gasteiger partial charge in [-0.1, -0.05) is 59.6 Å². The van der Waals surface area contributed by atoms with E-state index >= 15 is 0 Å². The van der Waals surface area contributed by atoms with Gasteiger partial charge in [-0.25, -0.2) is 4.99 Å². The van der Waals surface area contributed by atoms with Gasteiger partial charge in [-0.3, -0.25) is 0 Å². The minimum Gasteiger partial charge on any atom is -0.456 e. The van der Waals surface area contributed by atoms with Gasteiger partial charge in [-0.2, -0.15) is 0 Å². The van der Waals surface area contributed by atoms with Crippen molar-refractivity contribution in [1.82, 2.24) is 0 Å². The molecular formula is C22H17ClNO+. The van der Waals surface area contributed by atoms with Gasteiger partial charge < -0.3 is 4.42 Å². The molecule has 3 heteroatoms. The zero-order chi connectivity index (χ0) is 17.2. The molecule has 4 aromatic rings. The monoisotopic (exact) mass is 346 g/mol. The molecule has 0 saturated heterocycles. The third-order valence-electron chi connectivity index (χ3n) is 4.12. The van der Waals surface area contributed by atoms with Crippen molar-refractivity contribution in [2.75, 3.05) is 0 Å². The quantitative estimate of drug-likeness (QED) is 0.573. The van der Waals surface area contributed by atoms with Crippen LogP contribution in [0.4, 0.5) is 5.69 Å². The maximum atomic E-state index is 6.20. The van der Waals surface area contributed by atoms with Gasteiger partial charge in [0.25, 0.3) is 0 Å². The third-order valence-corrected chi connectivity index (χ3v) is 4.35. The Hall–Kier alpha value is -2.84. The van der Waals surface area contributed by atoms with E-state index < -0.39 is 0 Å². The molecule has 0 fully saturated rings. The number of benzene rings is 3. The molecule has 0 radical (unpaired) electrons. The molecule has 25 heavy (non-hydrogen) atoms. The van der Waals surface area contributed by atoms with Crippen LogP contribution in [-0.4, -0.2) is 0 Å². The van der Waals surface area contributed by atoms with Crippen molar-refractivity contribution in [3.63, 3.8) is 0 Å². The van der Waals surface area contributed by atoms with E-state index in [0.717, 1.165) is 33.3 Å². The van der Waals surface area contributed by atoms with Crippen molar-refractivity contribution in [2.45, 2.75) is 6.92 Å². The molecule has 0 aliphatic carbocycles. The Morgan fingerprint density at radius 3 is 2.36 bits per heavy atom. The van der Waals surface area contributed by atoms with Crippen molar-refractivity contribution >= 4 is 28.3 Å². The van der Waals surface area contributed by atoms with Gasteiger partial charge in [0.2, 0.25) is 11.0 Å². The van der Waals surface area contributed by atoms with Gasteiger partial charge >= 0.3 is 0 Å². The Balaban J connectivity index is 2.00. The Morgan fingerprint density at radius 2 is 1.60 bits per heavy atom. The van der Waals surface area contributed by atoms with Crippen molar-refractivity contribution in [3.8, 4) is 11.3 Å². The first-order chi connectivity index (χ1) is 12.2. The number of nitrogens with one attached hydrogen (secondary N) is 1. The minimum absolute atomic E-state index is 0.683. The summed E-state index contributed by atoms with van der Waals surface area (Å²) >= 11 is 6.20. The topological polar surface area (TPSA) is 27.1 Å². The first-order valence-corrected chi connectivity index (χ1v) is 8.52. The molecular weight excluding hydrogens is 330 g/mol. The van der Waals surface area contributed by atoms with Crippen LogP contribution in [0, 0.1) is 6.92 Å². The summed E-state index contributed by atoms with van der Waals surface area (Å²) in [5, 5.41) is 2.60. The third kappa shape index (κ3) is 3.35. The zero-order valence-corrected chi connectivity index (χ0v) is 14.5. The largest absolute Gasteiger partial charge is 0.456 e. The fourth-order valence-electron chi connectivity index (χ4n) is 2.80. The second-order valence-corrected chi connectivity index (χ2v) is 6.46. The summed E-state index contributed by atoms with van der Waals surface area (Å²) in [5.41, 5.74) is 4.08. The Morgan fingerprint density at radius 1 is 0.840 bits per heavy atom. The van der Waals surface area contributed by atoms with E-state index in [0.29, 0.717) is 5.02 Å². The average Bonchev–Trinajstić information content (AvgIpc) is 2.64. The van der Waals surface area contributed by atoms with Gasteiger partial charge in [-0.15, -0.1) is 0 Å². The molecule has 0 saturated carbocycles. The van der Waals surface area contributed by atoms with Gasteiger partial charge in [0, 0.05) is 22.7 Å². The summed E-state index contributed by atoms with van der Waals surface area (Å²) in [7, 11) is 0. The molecule has 1 heterocycles. The average molecular weight is 347 g/mol. The predicted octanol–water partition coefficient (Wildman–Crippen LogP) is 4.37. The minimum atomic E-state index is 0.683. The lowest BCUT2D eigenvalue weighted by atomic mass is 10.1. The highest BCUT2D eigenvalue weighted by atomic mass is 35.5. The van der Waals surface area contributed by atoms with Crippen LogP contribution >= 0.6 is 11.6 Å². The number of rotatable bonds is 2. The molecule has 0 spiro atoms. The lowest BCUT2D eigenvalue weighted by molar-refractivity contribution is -0.400. The molecule has 122 valence electrons. The predicted molar refractivity (Wildman–Crippen MR) is 102 cm³/mol. The SMILES string of the molecule is Cc1ccc([NH+]=c2cc(-c3ccccc3)oc3ccc(Cl)cc23)cc1. The van der Waals surface area contributed by atoms with Crippen LogP contribution in [0.3, 0.4) is 0 Å². The number of halogens is 1. The van der Waals surface area contributed by atoms with Gasteiger partial charge in [0.05, 0.1) is 11.5 Å². The van der Waals surface area contributed by atoms with E-state index in [4.69, 9.17) is 16.0 Å². The summed E-state index contributed by atoms with van der Waals surface area (Å²) in [6, 6.07) is 26.1. The van der Waals surface area contributed by atoms with Crippen LogP contribution in [0.2, 0.25) is 5.02 Å². The highest BCUT2D eigenvalue weighted by molar-refractivity contribution is 6.31. The van der Waals surface area contributed by atoms with E-state index in [1.807, 2.05) is 54.6 Å². The number of aryl methyl sites for hydroxylation is 1. The van der Waals surface area contributed by atoms with E-state index in [2.05, 4.69) is 36.2 Å². The van der Waals surface area contributed by atoms with E-state index in [9.17, 15) is 0 Å². The van der Waals surface area contributed by atoms with Gasteiger partial charge in [-0.05, 0) is 25.1 Å². The van der Waals surface area contributed by atoms with Crippen molar-refractivity contribution in [3.05, 3.63) is 94.8 Å². The second kappa shape index (κ2) is 6.58. The van der Waals surface area contributed by atoms with Crippen molar-refractivity contribution in [2.24, 2.45) is 0 Å². The maximum absolute atomic E-state index is 6.20. The summed E-state index contributed by atoms with van der Waals surface area (Å²) < 4.78 is 6.10. The van der Waals surface area contributed by atoms with Crippen LogP contribution in [0.15, 0.2) is 83.3 Å². The number of hydrogen-bond acceptors (Lipinski definition) is 1. The molecule has 1 aromatic heterocycles. The molecule has 2 nitrogen and oxygen atoms in total. The standard InChI is InChI=1S/C22H16ClNO/c1-15-7-10-18(11-8-15)24-20-14-22(16-5-3-2-4-6-16)25-21-12-9-17(23)13-19(20)21/h2-14H,1H3/p+1. The molecule has 0 aliphatic heterocycles. The highest BCUT2D eigenvalue weighted by Crippen LogP contribution is 2.23. The number of fused-ring (bicyclic) bond motifs is 1. The molecule has 0 aliphatic rings. The molecule has 0 bridgehead atoms. The Labute approximate surface area is 151 Å². The van der Waals surface area contributed by atoms with Crippen LogP contribution < -0.4 is 10.3 Å². The molecule has 1 N–H and O–H groups in total. The lowest BCUT2D eigenvalue weighted by Crippen LogP contribution is -2.70. The molecule has 3 aromatic carbocycles. The molecule has 0 atom stereocenters. The van der Waals surface area contributed by atoms with Crippen LogP contribution in [-0.2, 0) is 0 Å². The molecule has 0 amide bonds. The molecule has 0 unspecified atom stereocenters. The van der Waals surface area contributed by atoms with Crippen LogP contribution in [0.5, 0.6) is 0 Å². The fraction of sp³-hybridized carbons (Fsp3) is 0.0455. The summed E-state index contributed by atoms with van der Waals surface area (Å²) in [5.74, 6) is 0.810. The zero-order valence-electron chi connectivity index (χ0n) is 13.8. The summed E-state index contributed by atoms with van der Waals surface area (Å²) in [6.07, 6.45) is 0. The maximum Gasteiger partial charge on any atom is 0.218 e. The van der Waals surface area contributed by atoms with Crippen LogP contribution in [0.1, 0.15) is 5.56 Å². The van der Waals surface area contributed by atoms with Gasteiger partial charge in [0.1, 0.15) is 11.3 Å². The fourth-order valence-corrected chi connectivity index (χ4v) is 2.97. The van der Waals surface area contributed by atoms with Crippen LogP contribution in [0.25, 0.3) is 22.3 Å². The lowest BCUT2D eigenvalue weighted by Gasteiger charge is -2.03. The van der Waals surface area contributed by atoms with Crippen molar-refractivity contribution in [1.29, 1.82) is 0 Å². The second-order valence-electron chi connectivity index (χ2n) is 6.02. The summed E-state index contributed by atoms with van der Waals surface area (Å²) in [6.45, 7) is 2.08. The Kier molecular flexibility index (Phi) is 4.12. The Bertz CT molecular complexity index is 1100. The van der Waals surface area contributed by atoms with E-state index in [1.54, 1.807) is 0 Å². The number of hydrogen-bond donors (Lipinski definition) is 1. The highest BCUT2D eigenvalue weighted by Gasteiger charge is 2.10. The normalized spacial score (nSPS) is 11.8. The molecule has 4 rings (SSSR count). The summed E-state index contributed by atoms with van der Waals surface area (Å²) in [4.78, 5) is 3.49. The smallest absolute Gasteiger partial charge is 0.218 e. The van der Waals surface area contributed by atoms with E-state index in [-0.39, 0.29) is 0 Å². The van der Waals surface area contributed by atoms with Gasteiger partial charge in [0.15, 0.2) is 0 Å². The van der Waals surface area contributed by atoms with Crippen molar-refractivity contribution < 1.29 is 9.41 Å². The first-order valence-electron chi connectivity index (χ1n) is 8.14. The first kappa shape index (κ1) is 15.7. The van der Waals surface area contributed by atoms with E-state index in [1.165, 1.54) is 5.56 Å².